The van der Waals surface area contributed by atoms with E-state index < -0.39 is 0 Å². The Morgan fingerprint density at radius 1 is 0.889 bits per heavy atom. The number of ether oxygens (including phenoxy) is 1. The maximum Gasteiger partial charge on any atom is 0.317 e. The highest BCUT2D eigenvalue weighted by molar-refractivity contribution is 5.84. The van der Waals surface area contributed by atoms with E-state index in [4.69, 9.17) is 4.74 Å². The second-order valence-electron chi connectivity index (χ2n) is 4.55. The molecule has 2 aromatic rings. The molecular weight excluding hydrogens is 224 g/mol. The monoisotopic (exact) mass is 238 g/mol. The maximum absolute atomic E-state index is 11.6. The van der Waals surface area contributed by atoms with Crippen molar-refractivity contribution in [3.05, 3.63) is 71.8 Å². The molecular formula is C16H14O2. The first kappa shape index (κ1) is 11.0. The zero-order valence-corrected chi connectivity index (χ0v) is 9.95. The Kier molecular flexibility index (Phi) is 2.85. The number of rotatable bonds is 3. The SMILES string of the molecule is O=C1O[C@H](Cc2ccccc2)[C@H]1c1ccccc1. The van der Waals surface area contributed by atoms with Gasteiger partial charge in [-0.15, -0.1) is 0 Å². The fourth-order valence-electron chi connectivity index (χ4n) is 2.39. The topological polar surface area (TPSA) is 26.3 Å². The Morgan fingerprint density at radius 2 is 1.50 bits per heavy atom. The molecule has 0 radical (unpaired) electrons. The lowest BCUT2D eigenvalue weighted by molar-refractivity contribution is -0.174. The van der Waals surface area contributed by atoms with Crippen LogP contribution in [0.3, 0.4) is 0 Å². The number of carbonyl (C=O) groups excluding carboxylic acids is 1. The van der Waals surface area contributed by atoms with Crippen molar-refractivity contribution in [3.63, 3.8) is 0 Å². The third kappa shape index (κ3) is 2.02. The van der Waals surface area contributed by atoms with Crippen molar-refractivity contribution in [2.24, 2.45) is 0 Å². The van der Waals surface area contributed by atoms with Crippen molar-refractivity contribution in [1.82, 2.24) is 0 Å². The van der Waals surface area contributed by atoms with E-state index in [2.05, 4.69) is 12.1 Å². The van der Waals surface area contributed by atoms with Crippen LogP contribution in [0.1, 0.15) is 17.0 Å². The number of hydrogen-bond acceptors (Lipinski definition) is 2. The van der Waals surface area contributed by atoms with Gasteiger partial charge in [0.1, 0.15) is 12.0 Å². The molecule has 0 bridgehead atoms. The lowest BCUT2D eigenvalue weighted by Crippen LogP contribution is -2.44. The number of cyclic esters (lactones) is 1. The van der Waals surface area contributed by atoms with E-state index in [1.807, 2.05) is 48.5 Å². The average molecular weight is 238 g/mol. The Balaban J connectivity index is 1.77. The van der Waals surface area contributed by atoms with Crippen LogP contribution in [0, 0.1) is 0 Å². The Morgan fingerprint density at radius 3 is 2.11 bits per heavy atom. The van der Waals surface area contributed by atoms with Gasteiger partial charge in [-0.1, -0.05) is 60.7 Å². The molecule has 0 amide bonds. The summed E-state index contributed by atoms with van der Waals surface area (Å²) in [7, 11) is 0. The number of benzene rings is 2. The van der Waals surface area contributed by atoms with E-state index in [0.29, 0.717) is 0 Å². The molecule has 2 aromatic carbocycles. The van der Waals surface area contributed by atoms with Crippen LogP contribution < -0.4 is 0 Å². The molecule has 1 saturated heterocycles. The number of hydrogen-bond donors (Lipinski definition) is 0. The molecule has 2 nitrogen and oxygen atoms in total. The summed E-state index contributed by atoms with van der Waals surface area (Å²) in [5.41, 5.74) is 2.26. The average Bonchev–Trinajstić information content (AvgIpc) is 2.40. The zero-order chi connectivity index (χ0) is 12.4. The van der Waals surface area contributed by atoms with Crippen LogP contribution in [0.15, 0.2) is 60.7 Å². The maximum atomic E-state index is 11.6. The van der Waals surface area contributed by atoms with Crippen LogP contribution in [0.4, 0.5) is 0 Å². The molecule has 3 rings (SSSR count). The van der Waals surface area contributed by atoms with E-state index >= 15 is 0 Å². The predicted molar refractivity (Wildman–Crippen MR) is 69.2 cm³/mol. The van der Waals surface area contributed by atoms with Crippen molar-refractivity contribution in [2.45, 2.75) is 18.4 Å². The fourth-order valence-corrected chi connectivity index (χ4v) is 2.39. The summed E-state index contributed by atoms with van der Waals surface area (Å²) in [6.45, 7) is 0. The summed E-state index contributed by atoms with van der Waals surface area (Å²) >= 11 is 0. The Bertz CT molecular complexity index is 534. The minimum absolute atomic E-state index is 0.0256. The van der Waals surface area contributed by atoms with Crippen molar-refractivity contribution in [2.75, 3.05) is 0 Å². The second-order valence-corrected chi connectivity index (χ2v) is 4.55. The Labute approximate surface area is 106 Å². The third-order valence-corrected chi connectivity index (χ3v) is 3.33. The van der Waals surface area contributed by atoms with E-state index in [-0.39, 0.29) is 18.0 Å². The summed E-state index contributed by atoms with van der Waals surface area (Å²) in [6.07, 6.45) is 0.758. The highest BCUT2D eigenvalue weighted by Crippen LogP contribution is 2.34. The van der Waals surface area contributed by atoms with Gasteiger partial charge in [0.05, 0.1) is 0 Å². The van der Waals surface area contributed by atoms with Gasteiger partial charge in [-0.25, -0.2) is 0 Å². The molecule has 0 unspecified atom stereocenters. The van der Waals surface area contributed by atoms with Crippen LogP contribution in [0.25, 0.3) is 0 Å². The van der Waals surface area contributed by atoms with Crippen LogP contribution in [-0.2, 0) is 16.0 Å². The van der Waals surface area contributed by atoms with Crippen LogP contribution >= 0.6 is 0 Å². The smallest absolute Gasteiger partial charge is 0.317 e. The van der Waals surface area contributed by atoms with Crippen molar-refractivity contribution >= 4 is 5.97 Å². The second kappa shape index (κ2) is 4.65. The van der Waals surface area contributed by atoms with Crippen molar-refractivity contribution in [3.8, 4) is 0 Å². The van der Waals surface area contributed by atoms with E-state index in [9.17, 15) is 4.79 Å². The summed E-state index contributed by atoms with van der Waals surface area (Å²) in [5, 5.41) is 0. The summed E-state index contributed by atoms with van der Waals surface area (Å²) in [5.74, 6) is -0.214. The molecule has 1 heterocycles. The first-order chi connectivity index (χ1) is 8.84. The minimum atomic E-state index is -0.109. The van der Waals surface area contributed by atoms with Gasteiger partial charge in [-0.05, 0) is 11.1 Å². The highest BCUT2D eigenvalue weighted by atomic mass is 16.6. The fraction of sp³-hybridized carbons (Fsp3) is 0.188. The first-order valence-corrected chi connectivity index (χ1v) is 6.14. The van der Waals surface area contributed by atoms with Gasteiger partial charge in [0, 0.05) is 6.42 Å². The molecule has 2 atom stereocenters. The standard InChI is InChI=1S/C16H14O2/c17-16-15(13-9-5-2-6-10-13)14(18-16)11-12-7-3-1-4-8-12/h1-10,14-15H,11H2/t14-,15-/m1/s1. The minimum Gasteiger partial charge on any atom is -0.460 e. The zero-order valence-electron chi connectivity index (χ0n) is 9.95. The van der Waals surface area contributed by atoms with Crippen molar-refractivity contribution in [1.29, 1.82) is 0 Å². The lowest BCUT2D eigenvalue weighted by atomic mass is 9.85. The molecule has 2 heteroatoms. The van der Waals surface area contributed by atoms with Crippen LogP contribution in [0.5, 0.6) is 0 Å². The van der Waals surface area contributed by atoms with E-state index in [1.165, 1.54) is 5.56 Å². The van der Waals surface area contributed by atoms with E-state index in [1.54, 1.807) is 0 Å². The quantitative estimate of drug-likeness (QED) is 0.768. The molecule has 0 N–H and O–H groups in total. The van der Waals surface area contributed by atoms with Gasteiger partial charge in [0.2, 0.25) is 0 Å². The van der Waals surface area contributed by atoms with Gasteiger partial charge >= 0.3 is 5.97 Å². The van der Waals surface area contributed by atoms with Gasteiger partial charge in [0.15, 0.2) is 0 Å². The summed E-state index contributed by atoms with van der Waals surface area (Å²) in [6, 6.07) is 20.0. The van der Waals surface area contributed by atoms with E-state index in [0.717, 1.165) is 12.0 Å². The summed E-state index contributed by atoms with van der Waals surface area (Å²) < 4.78 is 5.27. The first-order valence-electron chi connectivity index (χ1n) is 6.14. The van der Waals surface area contributed by atoms with Gasteiger partial charge in [-0.2, -0.15) is 0 Å². The number of esters is 1. The largest absolute Gasteiger partial charge is 0.460 e. The highest BCUT2D eigenvalue weighted by Gasteiger charge is 2.43. The normalized spacial score (nSPS) is 22.1. The van der Waals surface area contributed by atoms with Crippen LogP contribution in [0.2, 0.25) is 0 Å². The lowest BCUT2D eigenvalue weighted by Gasteiger charge is -2.35. The molecule has 1 aliphatic rings. The molecule has 1 fully saturated rings. The molecule has 18 heavy (non-hydrogen) atoms. The Hall–Kier alpha value is -2.09. The summed E-state index contributed by atoms with van der Waals surface area (Å²) in [4.78, 5) is 11.6. The predicted octanol–water partition coefficient (Wildman–Crippen LogP) is 2.94. The third-order valence-electron chi connectivity index (χ3n) is 3.33. The van der Waals surface area contributed by atoms with Crippen molar-refractivity contribution < 1.29 is 9.53 Å². The molecule has 90 valence electrons. The molecule has 0 saturated carbocycles. The van der Waals surface area contributed by atoms with Gasteiger partial charge < -0.3 is 4.74 Å². The van der Waals surface area contributed by atoms with Gasteiger partial charge in [0.25, 0.3) is 0 Å². The molecule has 0 spiro atoms. The van der Waals surface area contributed by atoms with Gasteiger partial charge in [-0.3, -0.25) is 4.79 Å². The molecule has 1 aliphatic heterocycles. The van der Waals surface area contributed by atoms with Crippen LogP contribution in [-0.4, -0.2) is 12.1 Å². The molecule has 0 aliphatic carbocycles. The number of carbonyl (C=O) groups is 1. The molecule has 0 aromatic heterocycles.